The van der Waals surface area contributed by atoms with Crippen molar-refractivity contribution in [3.63, 3.8) is 0 Å². The summed E-state index contributed by atoms with van der Waals surface area (Å²) in [7, 11) is -4.93. The van der Waals surface area contributed by atoms with Gasteiger partial charge in [-0.3, -0.25) is 4.79 Å². The summed E-state index contributed by atoms with van der Waals surface area (Å²) in [5.74, 6) is -5.55. The van der Waals surface area contributed by atoms with Crippen molar-refractivity contribution in [3.8, 4) is 0 Å². The molecule has 0 aromatic heterocycles. The largest absolute Gasteiger partial charge is 0.311 e. The first-order valence-electron chi connectivity index (χ1n) is 5.08. The van der Waals surface area contributed by atoms with E-state index in [4.69, 9.17) is 0 Å². The lowest BCUT2D eigenvalue weighted by Gasteiger charge is -2.16. The molecule has 19 heavy (non-hydrogen) atoms. The summed E-state index contributed by atoms with van der Waals surface area (Å²) in [6, 6.07) is 1.09. The van der Waals surface area contributed by atoms with E-state index in [-0.39, 0.29) is 5.69 Å². The van der Waals surface area contributed by atoms with Crippen LogP contribution < -0.4 is 4.90 Å². The molecule has 1 amide bonds. The minimum atomic E-state index is -4.93. The van der Waals surface area contributed by atoms with Crippen LogP contribution >= 0.6 is 0 Å². The minimum absolute atomic E-state index is 0.354. The van der Waals surface area contributed by atoms with Gasteiger partial charge in [-0.15, -0.1) is 3.89 Å². The maximum atomic E-state index is 13.0. The lowest BCUT2D eigenvalue weighted by molar-refractivity contribution is -0.117. The fourth-order valence-corrected chi connectivity index (χ4v) is 2.48. The van der Waals surface area contributed by atoms with Gasteiger partial charge in [-0.05, 0) is 0 Å². The van der Waals surface area contributed by atoms with E-state index in [0.29, 0.717) is 17.0 Å². The van der Waals surface area contributed by atoms with Crippen molar-refractivity contribution < 1.29 is 30.3 Å². The van der Waals surface area contributed by atoms with Crippen molar-refractivity contribution in [1.29, 1.82) is 0 Å². The third-order valence-electron chi connectivity index (χ3n) is 2.77. The third kappa shape index (κ3) is 2.55. The molecule has 0 radical (unpaired) electrons. The fourth-order valence-electron chi connectivity index (χ4n) is 1.81. The van der Waals surface area contributed by atoms with E-state index in [9.17, 15) is 30.3 Å². The Morgan fingerprint density at radius 2 is 1.68 bits per heavy atom. The van der Waals surface area contributed by atoms with E-state index in [1.165, 1.54) is 0 Å². The van der Waals surface area contributed by atoms with Crippen LogP contribution in [0.3, 0.4) is 0 Å². The zero-order chi connectivity index (χ0) is 14.4. The summed E-state index contributed by atoms with van der Waals surface area (Å²) in [6.07, 6.45) is -0.626. The van der Waals surface area contributed by atoms with Gasteiger partial charge in [-0.25, -0.2) is 13.2 Å². The summed E-state index contributed by atoms with van der Waals surface area (Å²) >= 11 is 0. The monoisotopic (exact) mass is 297 g/mol. The topological polar surface area (TPSA) is 54.5 Å². The highest BCUT2D eigenvalue weighted by Gasteiger charge is 2.39. The lowest BCUT2D eigenvalue weighted by Crippen LogP contribution is -2.27. The van der Waals surface area contributed by atoms with Crippen molar-refractivity contribution in [2.75, 3.05) is 11.4 Å². The minimum Gasteiger partial charge on any atom is -0.311 e. The SMILES string of the molecule is O=C1CC(S(=O)(=O)F)CN1c1cc(F)c(F)c(F)c1. The highest BCUT2D eigenvalue weighted by atomic mass is 32.3. The Bertz CT molecular complexity index is 623. The second-order valence-corrected chi connectivity index (χ2v) is 5.65. The molecule has 2 rings (SSSR count). The number of hydrogen-bond acceptors (Lipinski definition) is 3. The van der Waals surface area contributed by atoms with Crippen molar-refractivity contribution in [2.45, 2.75) is 11.7 Å². The van der Waals surface area contributed by atoms with Crippen LogP contribution in [0, 0.1) is 17.5 Å². The van der Waals surface area contributed by atoms with Crippen molar-refractivity contribution in [1.82, 2.24) is 0 Å². The van der Waals surface area contributed by atoms with Gasteiger partial charge < -0.3 is 4.90 Å². The van der Waals surface area contributed by atoms with Gasteiger partial charge >= 0.3 is 10.2 Å². The molecule has 1 fully saturated rings. The summed E-state index contributed by atoms with van der Waals surface area (Å²) in [4.78, 5) is 12.2. The van der Waals surface area contributed by atoms with Gasteiger partial charge in [0.1, 0.15) is 5.25 Å². The highest BCUT2D eigenvalue weighted by Crippen LogP contribution is 2.28. The average Bonchev–Trinajstić information content (AvgIpc) is 2.67. The Kier molecular flexibility index (Phi) is 3.25. The second-order valence-electron chi connectivity index (χ2n) is 4.03. The molecule has 4 nitrogen and oxygen atoms in total. The van der Waals surface area contributed by atoms with Crippen LogP contribution in [0.25, 0.3) is 0 Å². The lowest BCUT2D eigenvalue weighted by atomic mass is 10.2. The van der Waals surface area contributed by atoms with Crippen LogP contribution in [0.1, 0.15) is 6.42 Å². The van der Waals surface area contributed by atoms with E-state index >= 15 is 0 Å². The molecule has 1 aliphatic rings. The van der Waals surface area contributed by atoms with Gasteiger partial charge in [0.05, 0.1) is 0 Å². The van der Waals surface area contributed by atoms with E-state index in [2.05, 4.69) is 0 Å². The first-order chi connectivity index (χ1) is 8.70. The Morgan fingerprint density at radius 3 is 2.11 bits per heavy atom. The van der Waals surface area contributed by atoms with Gasteiger partial charge in [-0.1, -0.05) is 0 Å². The summed E-state index contributed by atoms with van der Waals surface area (Å²) in [5.41, 5.74) is -0.354. The molecule has 0 N–H and O–H groups in total. The zero-order valence-corrected chi connectivity index (χ0v) is 10.1. The molecule has 0 bridgehead atoms. The molecule has 1 unspecified atom stereocenters. The molecule has 1 heterocycles. The number of benzene rings is 1. The van der Waals surface area contributed by atoms with E-state index in [1.54, 1.807) is 0 Å². The van der Waals surface area contributed by atoms with Gasteiger partial charge in [0.25, 0.3) is 0 Å². The first kappa shape index (κ1) is 13.8. The number of rotatable bonds is 2. The molecule has 9 heteroatoms. The molecule has 1 aliphatic heterocycles. The summed E-state index contributed by atoms with van der Waals surface area (Å²) in [6.45, 7) is -0.567. The smallest absolute Gasteiger partial charge is 0.307 e. The molecule has 1 atom stereocenters. The van der Waals surface area contributed by atoms with Gasteiger partial charge in [0.15, 0.2) is 17.5 Å². The summed E-state index contributed by atoms with van der Waals surface area (Å²) < 4.78 is 72.9. The maximum Gasteiger partial charge on any atom is 0.307 e. The summed E-state index contributed by atoms with van der Waals surface area (Å²) in [5, 5.41) is -1.59. The number of carbonyl (C=O) groups excluding carboxylic acids is 1. The average molecular weight is 297 g/mol. The van der Waals surface area contributed by atoms with Crippen LogP contribution in [-0.4, -0.2) is 26.1 Å². The van der Waals surface area contributed by atoms with Crippen molar-refractivity contribution >= 4 is 21.8 Å². The molecule has 1 saturated heterocycles. The number of halogens is 4. The highest BCUT2D eigenvalue weighted by molar-refractivity contribution is 7.87. The molecular formula is C10H7F4NO3S. The Labute approximate surface area is 105 Å². The molecule has 1 aromatic rings. The Morgan fingerprint density at radius 1 is 1.16 bits per heavy atom. The van der Waals surface area contributed by atoms with Gasteiger partial charge in [-0.2, -0.15) is 8.42 Å². The Balaban J connectivity index is 2.36. The predicted molar refractivity (Wildman–Crippen MR) is 57.1 cm³/mol. The number of anilines is 1. The van der Waals surface area contributed by atoms with E-state index in [1.807, 2.05) is 0 Å². The fraction of sp³-hybridized carbons (Fsp3) is 0.300. The number of amides is 1. The third-order valence-corrected chi connectivity index (χ3v) is 3.88. The Hall–Kier alpha value is -1.64. The molecule has 0 saturated carbocycles. The van der Waals surface area contributed by atoms with Crippen molar-refractivity contribution in [3.05, 3.63) is 29.6 Å². The quantitative estimate of drug-likeness (QED) is 0.472. The maximum absolute atomic E-state index is 13.0. The van der Waals surface area contributed by atoms with Crippen LogP contribution in [0.2, 0.25) is 0 Å². The number of nitrogens with zero attached hydrogens (tertiary/aromatic N) is 1. The van der Waals surface area contributed by atoms with Gasteiger partial charge in [0, 0.05) is 30.8 Å². The predicted octanol–water partition coefficient (Wildman–Crippen LogP) is 1.51. The van der Waals surface area contributed by atoms with Crippen LogP contribution in [-0.2, 0) is 15.0 Å². The number of hydrogen-bond donors (Lipinski definition) is 0. The van der Waals surface area contributed by atoms with Crippen molar-refractivity contribution in [2.24, 2.45) is 0 Å². The van der Waals surface area contributed by atoms with Crippen LogP contribution in [0.4, 0.5) is 22.7 Å². The van der Waals surface area contributed by atoms with Crippen LogP contribution in [0.5, 0.6) is 0 Å². The molecular weight excluding hydrogens is 290 g/mol. The standard InChI is InChI=1S/C10H7F4NO3S/c11-7-1-5(2-8(12)10(7)13)15-4-6(3-9(15)16)19(14,17)18/h1-2,6H,3-4H2. The normalized spacial score (nSPS) is 20.1. The zero-order valence-electron chi connectivity index (χ0n) is 9.24. The molecule has 104 valence electrons. The van der Waals surface area contributed by atoms with Gasteiger partial charge in [0.2, 0.25) is 5.91 Å². The molecule has 1 aromatic carbocycles. The van der Waals surface area contributed by atoms with Crippen LogP contribution in [0.15, 0.2) is 12.1 Å². The second kappa shape index (κ2) is 4.48. The number of carbonyl (C=O) groups is 1. The first-order valence-corrected chi connectivity index (χ1v) is 6.53. The van der Waals surface area contributed by atoms with E-state index in [0.717, 1.165) is 0 Å². The van der Waals surface area contributed by atoms with E-state index < -0.39 is 51.8 Å². The molecule has 0 spiro atoms. The molecule has 0 aliphatic carbocycles.